The van der Waals surface area contributed by atoms with Crippen LogP contribution in [0.15, 0.2) is 77.7 Å². The van der Waals surface area contributed by atoms with Gasteiger partial charge in [0, 0.05) is 48.3 Å². The Balaban J connectivity index is 1.10. The van der Waals surface area contributed by atoms with E-state index >= 15 is 0 Å². The Morgan fingerprint density at radius 2 is 1.80 bits per heavy atom. The first-order chi connectivity index (χ1) is 19.9. The predicted octanol–water partition coefficient (Wildman–Crippen LogP) is 5.32. The van der Waals surface area contributed by atoms with Crippen molar-refractivity contribution < 1.29 is 14.3 Å². The largest absolute Gasteiger partial charge is 0.497 e. The lowest BCUT2D eigenvalue weighted by Crippen LogP contribution is -2.48. The number of amides is 2. The summed E-state index contributed by atoms with van der Waals surface area (Å²) in [7, 11) is 1.68. The lowest BCUT2D eigenvalue weighted by Gasteiger charge is -2.36. The van der Waals surface area contributed by atoms with Gasteiger partial charge in [0.2, 0.25) is 11.8 Å². The molecule has 0 bridgehead atoms. The van der Waals surface area contributed by atoms with Gasteiger partial charge in [-0.3, -0.25) is 14.5 Å². The summed E-state index contributed by atoms with van der Waals surface area (Å²) in [5.74, 6) is 0.277. The van der Waals surface area contributed by atoms with Gasteiger partial charge >= 0.3 is 0 Å². The fraction of sp³-hybridized carbons (Fsp3) is 0.375. The number of benzene rings is 3. The smallest absolute Gasteiger partial charge is 0.241 e. The Hall–Kier alpha value is -3.20. The molecule has 0 saturated carbocycles. The van der Waals surface area contributed by atoms with E-state index in [4.69, 9.17) is 16.3 Å². The number of ether oxygens (including phenoxy) is 1. The number of nitrogens with one attached hydrogen (secondary N) is 1. The minimum atomic E-state index is -0.491. The lowest BCUT2D eigenvalue weighted by atomic mass is 10.0. The van der Waals surface area contributed by atoms with Gasteiger partial charge in [-0.1, -0.05) is 42.8 Å². The Labute approximate surface area is 251 Å². The van der Waals surface area contributed by atoms with E-state index in [1.807, 2.05) is 67.6 Å². The van der Waals surface area contributed by atoms with Crippen LogP contribution in [0.3, 0.4) is 0 Å². The maximum Gasteiger partial charge on any atom is 0.241 e. The number of carbonyl (C=O) groups is 2. The summed E-state index contributed by atoms with van der Waals surface area (Å²) in [5, 5.41) is 3.24. The van der Waals surface area contributed by atoms with Crippen LogP contribution in [0.4, 0.5) is 11.4 Å². The fourth-order valence-corrected chi connectivity index (χ4v) is 6.87. The number of fused-ring (bicyclic) bond motifs is 1. The molecule has 7 nitrogen and oxygen atoms in total. The summed E-state index contributed by atoms with van der Waals surface area (Å²) < 4.78 is 5.26. The minimum Gasteiger partial charge on any atom is -0.497 e. The molecule has 216 valence electrons. The van der Waals surface area contributed by atoms with Crippen LogP contribution in [0.1, 0.15) is 18.9 Å². The summed E-state index contributed by atoms with van der Waals surface area (Å²) in [6, 6.07) is 23.7. The Kier molecular flexibility index (Phi) is 9.75. The molecule has 0 radical (unpaired) electrons. The third-order valence-electron chi connectivity index (χ3n) is 7.78. The first-order valence-corrected chi connectivity index (χ1v) is 15.4. The monoisotopic (exact) mass is 592 g/mol. The fourth-order valence-electron chi connectivity index (χ4n) is 5.37. The highest BCUT2D eigenvalue weighted by atomic mass is 35.5. The van der Waals surface area contributed by atoms with Gasteiger partial charge in [0.05, 0.1) is 25.3 Å². The average molecular weight is 593 g/mol. The zero-order valence-electron chi connectivity index (χ0n) is 23.6. The highest BCUT2D eigenvalue weighted by Gasteiger charge is 2.39. The molecule has 0 aromatic heterocycles. The number of rotatable bonds is 10. The van der Waals surface area contributed by atoms with Crippen molar-refractivity contribution in [2.45, 2.75) is 30.0 Å². The van der Waals surface area contributed by atoms with E-state index in [0.717, 1.165) is 61.0 Å². The number of nitrogens with zero attached hydrogens (tertiary/aromatic N) is 3. The van der Waals surface area contributed by atoms with Gasteiger partial charge in [0.25, 0.3) is 0 Å². The van der Waals surface area contributed by atoms with Crippen LogP contribution in [0, 0.1) is 5.92 Å². The molecule has 2 aliphatic rings. The molecule has 2 atom stereocenters. The summed E-state index contributed by atoms with van der Waals surface area (Å²) in [6.45, 7) is 7.73. The molecule has 41 heavy (non-hydrogen) atoms. The van der Waals surface area contributed by atoms with E-state index in [0.29, 0.717) is 18.1 Å². The second kappa shape index (κ2) is 13.6. The van der Waals surface area contributed by atoms with Crippen molar-refractivity contribution in [1.82, 2.24) is 10.2 Å². The van der Waals surface area contributed by atoms with E-state index < -0.39 is 11.2 Å². The zero-order valence-corrected chi connectivity index (χ0v) is 25.2. The summed E-state index contributed by atoms with van der Waals surface area (Å²) in [4.78, 5) is 34.5. The van der Waals surface area contributed by atoms with Crippen LogP contribution in [-0.2, 0) is 16.1 Å². The van der Waals surface area contributed by atoms with Crippen LogP contribution >= 0.6 is 23.4 Å². The van der Waals surface area contributed by atoms with Crippen LogP contribution in [0.25, 0.3) is 0 Å². The first kappa shape index (κ1) is 29.3. The van der Waals surface area contributed by atoms with Crippen LogP contribution in [-0.4, -0.2) is 68.3 Å². The second-order valence-electron chi connectivity index (χ2n) is 10.5. The molecule has 2 heterocycles. The van der Waals surface area contributed by atoms with Crippen LogP contribution in [0.5, 0.6) is 5.75 Å². The molecule has 2 aliphatic heterocycles. The quantitative estimate of drug-likeness (QED) is 0.322. The van der Waals surface area contributed by atoms with Crippen molar-refractivity contribution in [2.24, 2.45) is 5.92 Å². The van der Waals surface area contributed by atoms with Crippen LogP contribution < -0.4 is 19.9 Å². The Bertz CT molecular complexity index is 1350. The average Bonchev–Trinajstić information content (AvgIpc) is 3.00. The number of piperazine rings is 1. The van der Waals surface area contributed by atoms with Gasteiger partial charge in [-0.25, -0.2) is 0 Å². The molecule has 0 unspecified atom stereocenters. The Morgan fingerprint density at radius 1 is 1.05 bits per heavy atom. The summed E-state index contributed by atoms with van der Waals surface area (Å²) in [6.07, 6.45) is 0.872. The third kappa shape index (κ3) is 7.18. The SMILES string of the molecule is COc1ccc(N2CCN(CCCNC(=O)[C@@H](C)[C@H]3Sc4ccccc4N(Cc4cccc(Cl)c4)C3=O)CC2)cc1. The molecule has 0 aliphatic carbocycles. The van der Waals surface area contributed by atoms with Crippen molar-refractivity contribution in [3.8, 4) is 5.75 Å². The second-order valence-corrected chi connectivity index (χ2v) is 12.1. The lowest BCUT2D eigenvalue weighted by molar-refractivity contribution is -0.128. The van der Waals surface area contributed by atoms with E-state index in [1.165, 1.54) is 17.4 Å². The van der Waals surface area contributed by atoms with E-state index in [-0.39, 0.29) is 11.8 Å². The molecule has 0 spiro atoms. The molecule has 1 saturated heterocycles. The van der Waals surface area contributed by atoms with Crippen LogP contribution in [0.2, 0.25) is 5.02 Å². The van der Waals surface area contributed by atoms with E-state index in [9.17, 15) is 9.59 Å². The number of hydrogen-bond acceptors (Lipinski definition) is 6. The molecule has 3 aromatic carbocycles. The highest BCUT2D eigenvalue weighted by molar-refractivity contribution is 8.01. The number of halogens is 1. The molecule has 3 aromatic rings. The molecule has 9 heteroatoms. The third-order valence-corrected chi connectivity index (χ3v) is 9.48. The molecule has 1 N–H and O–H groups in total. The maximum absolute atomic E-state index is 13.7. The summed E-state index contributed by atoms with van der Waals surface area (Å²) in [5.41, 5.74) is 3.04. The van der Waals surface area contributed by atoms with Crippen molar-refractivity contribution in [3.63, 3.8) is 0 Å². The van der Waals surface area contributed by atoms with Crippen molar-refractivity contribution in [1.29, 1.82) is 0 Å². The highest BCUT2D eigenvalue weighted by Crippen LogP contribution is 2.42. The van der Waals surface area contributed by atoms with Crippen molar-refractivity contribution >= 4 is 46.6 Å². The normalized spacial score (nSPS) is 18.1. The van der Waals surface area contributed by atoms with Crippen molar-refractivity contribution in [2.75, 3.05) is 56.2 Å². The number of methoxy groups -OCH3 is 1. The standard InChI is InChI=1S/C32H37ClN4O3S/c1-23(30-32(39)37(22-24-7-5-8-25(33)21-24)28-9-3-4-10-29(28)41-30)31(38)34-15-6-16-35-17-19-36(20-18-35)26-11-13-27(40-2)14-12-26/h3-5,7-14,21,23,30H,6,15-20,22H2,1-2H3,(H,34,38)/t23-,30+/m0/s1. The summed E-state index contributed by atoms with van der Waals surface area (Å²) >= 11 is 7.68. The van der Waals surface area contributed by atoms with Gasteiger partial charge in [-0.05, 0) is 67.1 Å². The molecule has 5 rings (SSSR count). The van der Waals surface area contributed by atoms with Gasteiger partial charge in [-0.2, -0.15) is 0 Å². The van der Waals surface area contributed by atoms with Gasteiger partial charge in [0.1, 0.15) is 11.0 Å². The maximum atomic E-state index is 13.7. The van der Waals surface area contributed by atoms with E-state index in [1.54, 1.807) is 12.0 Å². The number of anilines is 2. The van der Waals surface area contributed by atoms with Gasteiger partial charge < -0.3 is 19.9 Å². The number of carbonyl (C=O) groups excluding carboxylic acids is 2. The Morgan fingerprint density at radius 3 is 2.54 bits per heavy atom. The number of hydrogen-bond donors (Lipinski definition) is 1. The van der Waals surface area contributed by atoms with E-state index in [2.05, 4.69) is 27.2 Å². The minimum absolute atomic E-state index is 0.0499. The first-order valence-electron chi connectivity index (χ1n) is 14.1. The topological polar surface area (TPSA) is 65.1 Å². The number of thioether (sulfide) groups is 1. The molecule has 2 amide bonds. The number of para-hydroxylation sites is 1. The zero-order chi connectivity index (χ0) is 28.8. The molecular weight excluding hydrogens is 556 g/mol. The predicted molar refractivity (Wildman–Crippen MR) is 167 cm³/mol. The van der Waals surface area contributed by atoms with Crippen molar-refractivity contribution in [3.05, 3.63) is 83.4 Å². The van der Waals surface area contributed by atoms with Gasteiger partial charge in [-0.15, -0.1) is 11.8 Å². The molecular formula is C32H37ClN4O3S. The molecule has 1 fully saturated rings. The van der Waals surface area contributed by atoms with Gasteiger partial charge in [0.15, 0.2) is 0 Å².